The number of rotatable bonds is 13. The monoisotopic (exact) mass is 650 g/mol. The number of ether oxygens (including phenoxy) is 6. The van der Waals surface area contributed by atoms with Crippen LogP contribution in [0.15, 0.2) is 72.8 Å². The van der Waals surface area contributed by atoms with Crippen LogP contribution in [0.3, 0.4) is 0 Å². The average molecular weight is 651 g/mol. The van der Waals surface area contributed by atoms with Crippen molar-refractivity contribution in [3.8, 4) is 46.0 Å². The van der Waals surface area contributed by atoms with Gasteiger partial charge in [-0.05, 0) is 77.6 Å². The molecule has 4 aromatic rings. The summed E-state index contributed by atoms with van der Waals surface area (Å²) in [7, 11) is 0. The second kappa shape index (κ2) is 14.4. The van der Waals surface area contributed by atoms with Crippen LogP contribution in [0.4, 0.5) is 0 Å². The SMILES string of the molecule is CCC(C)Oc1ccc2c(c1)Oc1cc(OC(C)CC)ccc1C2C1c2ccc(OC(C)CC)cc2Oc2cc(OC(C)CC)ccc21. The molecule has 4 atom stereocenters. The van der Waals surface area contributed by atoms with E-state index < -0.39 is 0 Å². The van der Waals surface area contributed by atoms with Crippen molar-refractivity contribution < 1.29 is 28.4 Å². The van der Waals surface area contributed by atoms with Gasteiger partial charge < -0.3 is 28.4 Å². The first-order chi connectivity index (χ1) is 23.2. The summed E-state index contributed by atoms with van der Waals surface area (Å²) in [5.41, 5.74) is 4.38. The summed E-state index contributed by atoms with van der Waals surface area (Å²) in [6.45, 7) is 16.9. The van der Waals surface area contributed by atoms with Crippen molar-refractivity contribution in [1.29, 1.82) is 0 Å². The molecule has 0 radical (unpaired) electrons. The van der Waals surface area contributed by atoms with Crippen LogP contribution in [0.25, 0.3) is 0 Å². The first-order valence-corrected chi connectivity index (χ1v) is 17.8. The Balaban J connectivity index is 1.52. The van der Waals surface area contributed by atoms with E-state index in [2.05, 4.69) is 104 Å². The third-order valence-corrected chi connectivity index (χ3v) is 9.70. The lowest BCUT2D eigenvalue weighted by molar-refractivity contribution is 0.215. The molecular weight excluding hydrogens is 600 g/mol. The van der Waals surface area contributed by atoms with Crippen LogP contribution >= 0.6 is 0 Å². The normalized spacial score (nSPS) is 18.3. The molecule has 0 aliphatic carbocycles. The van der Waals surface area contributed by atoms with Gasteiger partial charge in [0.1, 0.15) is 46.0 Å². The van der Waals surface area contributed by atoms with Gasteiger partial charge in [0.25, 0.3) is 0 Å². The Kier molecular flexibility index (Phi) is 10.1. The fourth-order valence-electron chi connectivity index (χ4n) is 6.29. The predicted octanol–water partition coefficient (Wildman–Crippen LogP) is 11.6. The van der Waals surface area contributed by atoms with E-state index in [0.717, 1.165) is 93.9 Å². The molecule has 2 heterocycles. The zero-order valence-corrected chi connectivity index (χ0v) is 29.7. The fraction of sp³-hybridized carbons (Fsp3) is 0.429. The molecule has 0 bridgehead atoms. The Morgan fingerprint density at radius 3 is 0.854 bits per heavy atom. The Bertz CT molecular complexity index is 1480. The highest BCUT2D eigenvalue weighted by Gasteiger charge is 2.41. The molecule has 2 aliphatic rings. The van der Waals surface area contributed by atoms with Gasteiger partial charge >= 0.3 is 0 Å². The van der Waals surface area contributed by atoms with Crippen molar-refractivity contribution in [3.63, 3.8) is 0 Å². The van der Waals surface area contributed by atoms with Crippen LogP contribution in [-0.2, 0) is 0 Å². The molecule has 2 aliphatic heterocycles. The number of hydrogen-bond donors (Lipinski definition) is 0. The molecular formula is C42H50O6. The molecule has 6 heteroatoms. The standard InChI is InChI=1S/C42H50O6/c1-9-25(5)43-29-13-17-33-37(21-29)47-38-22-30(44-26(6)10-2)14-18-34(38)41(33)42-35-19-15-31(45-27(7)11-3)23-39(35)48-40-24-32(16-20-36(40)42)46-28(8)12-4/h13-28,41-42H,9-12H2,1-8H3. The van der Waals surface area contributed by atoms with E-state index >= 15 is 0 Å². The Morgan fingerprint density at radius 2 is 0.646 bits per heavy atom. The summed E-state index contributed by atoms with van der Waals surface area (Å²) in [6.07, 6.45) is 4.05. The van der Waals surface area contributed by atoms with E-state index in [0.29, 0.717) is 0 Å². The van der Waals surface area contributed by atoms with Crippen molar-refractivity contribution in [2.24, 2.45) is 0 Å². The van der Waals surface area contributed by atoms with Gasteiger partial charge in [0, 0.05) is 58.4 Å². The lowest BCUT2D eigenvalue weighted by atomic mass is 9.71. The van der Waals surface area contributed by atoms with Crippen LogP contribution < -0.4 is 28.4 Å². The molecule has 0 N–H and O–H groups in total. The van der Waals surface area contributed by atoms with Crippen molar-refractivity contribution in [3.05, 3.63) is 95.1 Å². The van der Waals surface area contributed by atoms with E-state index in [-0.39, 0.29) is 36.3 Å². The van der Waals surface area contributed by atoms with Crippen LogP contribution in [0, 0.1) is 0 Å². The van der Waals surface area contributed by atoms with Gasteiger partial charge in [-0.1, -0.05) is 52.0 Å². The number of hydrogen-bond acceptors (Lipinski definition) is 6. The zero-order valence-electron chi connectivity index (χ0n) is 29.7. The average Bonchev–Trinajstić information content (AvgIpc) is 3.09. The first kappa shape index (κ1) is 33.6. The Hall–Kier alpha value is -4.32. The van der Waals surface area contributed by atoms with E-state index in [4.69, 9.17) is 28.4 Å². The van der Waals surface area contributed by atoms with E-state index in [1.54, 1.807) is 0 Å². The van der Waals surface area contributed by atoms with E-state index in [9.17, 15) is 0 Å². The third-order valence-electron chi connectivity index (χ3n) is 9.70. The van der Waals surface area contributed by atoms with Gasteiger partial charge in [-0.15, -0.1) is 0 Å². The molecule has 0 saturated heterocycles. The van der Waals surface area contributed by atoms with Crippen molar-refractivity contribution in [1.82, 2.24) is 0 Å². The molecule has 4 aromatic carbocycles. The molecule has 0 fully saturated rings. The maximum Gasteiger partial charge on any atom is 0.134 e. The smallest absolute Gasteiger partial charge is 0.134 e. The van der Waals surface area contributed by atoms with Crippen LogP contribution in [0.2, 0.25) is 0 Å². The van der Waals surface area contributed by atoms with Crippen molar-refractivity contribution in [2.75, 3.05) is 0 Å². The Labute approximate surface area is 286 Å². The van der Waals surface area contributed by atoms with E-state index in [1.807, 2.05) is 24.3 Å². The molecule has 4 unspecified atom stereocenters. The van der Waals surface area contributed by atoms with Gasteiger partial charge in [-0.2, -0.15) is 0 Å². The summed E-state index contributed by atoms with van der Waals surface area (Å²) in [4.78, 5) is 0. The fourth-order valence-corrected chi connectivity index (χ4v) is 6.29. The van der Waals surface area contributed by atoms with Gasteiger partial charge in [-0.25, -0.2) is 0 Å². The van der Waals surface area contributed by atoms with Gasteiger partial charge in [-0.3, -0.25) is 0 Å². The van der Waals surface area contributed by atoms with Crippen LogP contribution in [0.5, 0.6) is 46.0 Å². The lowest BCUT2D eigenvalue weighted by Crippen LogP contribution is -2.22. The minimum absolute atomic E-state index is 0.0804. The summed E-state index contributed by atoms with van der Waals surface area (Å²) in [5, 5.41) is 0. The second-order valence-corrected chi connectivity index (χ2v) is 13.3. The lowest BCUT2D eigenvalue weighted by Gasteiger charge is -2.38. The third kappa shape index (κ3) is 6.94. The van der Waals surface area contributed by atoms with E-state index in [1.165, 1.54) is 0 Å². The molecule has 0 spiro atoms. The molecule has 6 rings (SSSR count). The van der Waals surface area contributed by atoms with Gasteiger partial charge in [0.15, 0.2) is 0 Å². The van der Waals surface area contributed by atoms with Gasteiger partial charge in [0.2, 0.25) is 0 Å². The maximum atomic E-state index is 6.71. The summed E-state index contributed by atoms with van der Waals surface area (Å²) >= 11 is 0. The molecule has 0 aromatic heterocycles. The minimum atomic E-state index is -0.0804. The highest BCUT2D eigenvalue weighted by atomic mass is 16.5. The predicted molar refractivity (Wildman–Crippen MR) is 191 cm³/mol. The zero-order chi connectivity index (χ0) is 33.9. The topological polar surface area (TPSA) is 55.4 Å². The number of benzene rings is 4. The van der Waals surface area contributed by atoms with Crippen molar-refractivity contribution >= 4 is 0 Å². The Morgan fingerprint density at radius 1 is 0.417 bits per heavy atom. The molecule has 48 heavy (non-hydrogen) atoms. The molecule has 0 saturated carbocycles. The summed E-state index contributed by atoms with van der Waals surface area (Å²) < 4.78 is 38.4. The van der Waals surface area contributed by atoms with Crippen LogP contribution in [0.1, 0.15) is 115 Å². The van der Waals surface area contributed by atoms with Crippen LogP contribution in [-0.4, -0.2) is 24.4 Å². The van der Waals surface area contributed by atoms with Gasteiger partial charge in [0.05, 0.1) is 24.4 Å². The largest absolute Gasteiger partial charge is 0.491 e. The van der Waals surface area contributed by atoms with Crippen molar-refractivity contribution in [2.45, 2.75) is 117 Å². The highest BCUT2D eigenvalue weighted by Crippen LogP contribution is 2.58. The second-order valence-electron chi connectivity index (χ2n) is 13.3. The summed E-state index contributed by atoms with van der Waals surface area (Å²) in [5.74, 6) is 6.18. The first-order valence-electron chi connectivity index (χ1n) is 17.8. The highest BCUT2D eigenvalue weighted by molar-refractivity contribution is 5.65. The molecule has 6 nitrogen and oxygen atoms in total. The molecule has 0 amide bonds. The maximum absolute atomic E-state index is 6.71. The summed E-state index contributed by atoms with van der Waals surface area (Å²) in [6, 6.07) is 25.1. The quantitative estimate of drug-likeness (QED) is 0.143. The molecule has 254 valence electrons. The minimum Gasteiger partial charge on any atom is -0.491 e. The number of fused-ring (bicyclic) bond motifs is 4.